The second-order valence-corrected chi connectivity index (χ2v) is 10.6. The van der Waals surface area contributed by atoms with Crippen molar-refractivity contribution in [1.82, 2.24) is 0 Å². The fraction of sp³-hybridized carbons (Fsp3) is 0.400. The second kappa shape index (κ2) is 7.48. The van der Waals surface area contributed by atoms with Gasteiger partial charge in [0.2, 0.25) is 0 Å². The molecule has 1 saturated carbocycles. The van der Waals surface area contributed by atoms with E-state index >= 15 is 0 Å². The van der Waals surface area contributed by atoms with Crippen molar-refractivity contribution in [2.75, 3.05) is 0 Å². The van der Waals surface area contributed by atoms with Gasteiger partial charge in [-0.1, -0.05) is 35.4 Å². The van der Waals surface area contributed by atoms with Crippen LogP contribution in [0.2, 0.25) is 0 Å². The summed E-state index contributed by atoms with van der Waals surface area (Å²) in [4.78, 5) is -0.568. The molecule has 2 aromatic rings. The lowest BCUT2D eigenvalue weighted by atomic mass is 9.72. The van der Waals surface area contributed by atoms with Crippen LogP contribution in [0.25, 0.3) is 0 Å². The summed E-state index contributed by atoms with van der Waals surface area (Å²) >= 11 is 0. The van der Waals surface area contributed by atoms with E-state index in [-0.39, 0.29) is 28.2 Å². The summed E-state index contributed by atoms with van der Waals surface area (Å²) in [6.45, 7) is 3.54. The van der Waals surface area contributed by atoms with E-state index in [0.717, 1.165) is 11.1 Å². The number of aliphatic hydroxyl groups is 1. The summed E-state index contributed by atoms with van der Waals surface area (Å²) in [6, 6.07) is 8.92. The summed E-state index contributed by atoms with van der Waals surface area (Å²) in [5, 5.41) is 11.4. The first kappa shape index (κ1) is 21.9. The SMILES string of the molecule is Cc1ccc(S(=O)(=O)O)c(C2CCCC(O)(c3cc(C)ccc3S(=O)(=O)O)C2)c1. The normalized spacial score (nSPS) is 23.1. The molecule has 0 bridgehead atoms. The van der Waals surface area contributed by atoms with E-state index in [2.05, 4.69) is 0 Å². The van der Waals surface area contributed by atoms with Crippen molar-refractivity contribution in [2.45, 2.75) is 60.8 Å². The zero-order valence-electron chi connectivity index (χ0n) is 16.2. The van der Waals surface area contributed by atoms with Crippen molar-refractivity contribution >= 4 is 20.2 Å². The Hall–Kier alpha value is -1.78. The van der Waals surface area contributed by atoms with Gasteiger partial charge in [-0.3, -0.25) is 9.11 Å². The minimum atomic E-state index is -4.55. The summed E-state index contributed by atoms with van der Waals surface area (Å²) in [5.41, 5.74) is 0.450. The number of rotatable bonds is 4. The molecule has 0 aromatic heterocycles. The van der Waals surface area contributed by atoms with Gasteiger partial charge in [-0.2, -0.15) is 16.8 Å². The minimum absolute atomic E-state index is 0.0605. The van der Waals surface area contributed by atoms with Crippen molar-refractivity contribution in [3.63, 3.8) is 0 Å². The van der Waals surface area contributed by atoms with E-state index < -0.39 is 31.8 Å². The molecule has 29 heavy (non-hydrogen) atoms. The maximum Gasteiger partial charge on any atom is 0.294 e. The topological polar surface area (TPSA) is 129 Å². The highest BCUT2D eigenvalue weighted by Crippen LogP contribution is 2.47. The molecular formula is C20H24O7S2. The number of benzene rings is 2. The van der Waals surface area contributed by atoms with Crippen LogP contribution in [0.1, 0.15) is 53.9 Å². The van der Waals surface area contributed by atoms with Crippen LogP contribution in [0.4, 0.5) is 0 Å². The molecule has 2 aromatic carbocycles. The molecule has 0 amide bonds. The second-order valence-electron chi connectivity index (χ2n) is 7.82. The average Bonchev–Trinajstić information content (AvgIpc) is 2.59. The Bertz CT molecular complexity index is 1150. The summed E-state index contributed by atoms with van der Waals surface area (Å²) in [7, 11) is -9.01. The molecule has 0 aliphatic heterocycles. The third-order valence-electron chi connectivity index (χ3n) is 5.52. The van der Waals surface area contributed by atoms with E-state index in [4.69, 9.17) is 0 Å². The van der Waals surface area contributed by atoms with Crippen LogP contribution in [0.3, 0.4) is 0 Å². The Labute approximate surface area is 170 Å². The number of aryl methyl sites for hydroxylation is 2. The lowest BCUT2D eigenvalue weighted by Gasteiger charge is -2.38. The average molecular weight is 441 g/mol. The third kappa shape index (κ3) is 4.54. The summed E-state index contributed by atoms with van der Waals surface area (Å²) in [5.74, 6) is -0.416. The Balaban J connectivity index is 2.12. The van der Waals surface area contributed by atoms with Crippen LogP contribution in [0.15, 0.2) is 46.2 Å². The number of hydrogen-bond acceptors (Lipinski definition) is 5. The highest BCUT2D eigenvalue weighted by atomic mass is 32.2. The van der Waals surface area contributed by atoms with E-state index in [1.54, 1.807) is 26.0 Å². The quantitative estimate of drug-likeness (QED) is 0.622. The lowest BCUT2D eigenvalue weighted by molar-refractivity contribution is -0.0114. The Morgan fingerprint density at radius 1 is 0.897 bits per heavy atom. The Kier molecular flexibility index (Phi) is 5.65. The van der Waals surface area contributed by atoms with E-state index in [0.29, 0.717) is 18.4 Å². The van der Waals surface area contributed by atoms with Gasteiger partial charge in [-0.25, -0.2) is 0 Å². The van der Waals surface area contributed by atoms with Gasteiger partial charge in [-0.05, 0) is 63.1 Å². The van der Waals surface area contributed by atoms with Crippen LogP contribution in [0.5, 0.6) is 0 Å². The molecule has 2 unspecified atom stereocenters. The first-order valence-electron chi connectivity index (χ1n) is 9.20. The highest BCUT2D eigenvalue weighted by molar-refractivity contribution is 7.86. The van der Waals surface area contributed by atoms with Crippen molar-refractivity contribution in [3.8, 4) is 0 Å². The molecule has 3 N–H and O–H groups in total. The standard InChI is InChI=1S/C20H24O7S2/c1-13-5-7-18(28(22,23)24)16(10-13)15-4-3-9-20(21,12-15)17-11-14(2)6-8-19(17)29(25,26)27/h5-8,10-11,15,21H,3-4,9,12H2,1-2H3,(H,22,23,24)(H,25,26,27). The monoisotopic (exact) mass is 440 g/mol. The molecule has 0 saturated heterocycles. The predicted octanol–water partition coefficient (Wildman–Crippen LogP) is 3.34. The summed E-state index contributed by atoms with van der Waals surface area (Å²) < 4.78 is 66.7. The van der Waals surface area contributed by atoms with Crippen molar-refractivity contribution < 1.29 is 31.0 Å². The van der Waals surface area contributed by atoms with Crippen molar-refractivity contribution in [1.29, 1.82) is 0 Å². The molecular weight excluding hydrogens is 416 g/mol. The first-order chi connectivity index (χ1) is 13.3. The van der Waals surface area contributed by atoms with E-state index in [1.165, 1.54) is 24.3 Å². The van der Waals surface area contributed by atoms with Gasteiger partial charge in [0, 0.05) is 5.56 Å². The fourth-order valence-corrected chi connectivity index (χ4v) is 5.75. The Morgan fingerprint density at radius 3 is 2.03 bits per heavy atom. The molecule has 1 fully saturated rings. The molecule has 0 radical (unpaired) electrons. The van der Waals surface area contributed by atoms with Gasteiger partial charge in [0.1, 0.15) is 0 Å². The van der Waals surface area contributed by atoms with E-state index in [9.17, 15) is 31.0 Å². The van der Waals surface area contributed by atoms with Crippen LogP contribution in [-0.4, -0.2) is 31.0 Å². The molecule has 0 spiro atoms. The zero-order valence-corrected chi connectivity index (χ0v) is 17.8. The molecule has 9 heteroatoms. The molecule has 3 rings (SSSR count). The smallest absolute Gasteiger partial charge is 0.294 e. The van der Waals surface area contributed by atoms with Gasteiger partial charge in [0.05, 0.1) is 15.4 Å². The molecule has 7 nitrogen and oxygen atoms in total. The predicted molar refractivity (Wildman–Crippen MR) is 107 cm³/mol. The van der Waals surface area contributed by atoms with Crippen LogP contribution in [-0.2, 0) is 25.8 Å². The maximum atomic E-state index is 11.9. The molecule has 1 aliphatic rings. The lowest BCUT2D eigenvalue weighted by Crippen LogP contribution is -2.34. The molecule has 2 atom stereocenters. The van der Waals surface area contributed by atoms with Gasteiger partial charge < -0.3 is 5.11 Å². The fourth-order valence-electron chi connectivity index (χ4n) is 4.22. The van der Waals surface area contributed by atoms with Gasteiger partial charge in [-0.15, -0.1) is 0 Å². The molecule has 1 aliphatic carbocycles. The Morgan fingerprint density at radius 2 is 1.45 bits per heavy atom. The third-order valence-corrected chi connectivity index (χ3v) is 7.36. The van der Waals surface area contributed by atoms with E-state index in [1.807, 2.05) is 0 Å². The zero-order chi connectivity index (χ0) is 21.6. The number of hydrogen-bond donors (Lipinski definition) is 3. The molecule has 0 heterocycles. The maximum absolute atomic E-state index is 11.9. The minimum Gasteiger partial charge on any atom is -0.385 e. The van der Waals surface area contributed by atoms with Crippen LogP contribution < -0.4 is 0 Å². The van der Waals surface area contributed by atoms with Gasteiger partial charge >= 0.3 is 0 Å². The van der Waals surface area contributed by atoms with Gasteiger partial charge in [0.25, 0.3) is 20.2 Å². The molecule has 158 valence electrons. The highest BCUT2D eigenvalue weighted by Gasteiger charge is 2.41. The van der Waals surface area contributed by atoms with Gasteiger partial charge in [0.15, 0.2) is 0 Å². The van der Waals surface area contributed by atoms with Crippen LogP contribution >= 0.6 is 0 Å². The van der Waals surface area contributed by atoms with Crippen LogP contribution in [0, 0.1) is 13.8 Å². The largest absolute Gasteiger partial charge is 0.385 e. The summed E-state index contributed by atoms with van der Waals surface area (Å²) in [6.07, 6.45) is 1.41. The van der Waals surface area contributed by atoms with Crippen molar-refractivity contribution in [2.24, 2.45) is 0 Å². The van der Waals surface area contributed by atoms with Crippen molar-refractivity contribution in [3.05, 3.63) is 58.7 Å². The first-order valence-corrected chi connectivity index (χ1v) is 12.1.